The highest BCUT2D eigenvalue weighted by Crippen LogP contribution is 2.29. The molecule has 0 aliphatic carbocycles. The number of halogens is 2. The number of rotatable bonds is 3. The summed E-state index contributed by atoms with van der Waals surface area (Å²) in [6, 6.07) is 20.5. The Balaban J connectivity index is 1.72. The maximum Gasteiger partial charge on any atom is 0.256 e. The highest BCUT2D eigenvalue weighted by Gasteiger charge is 2.15. The van der Waals surface area contributed by atoms with Gasteiger partial charge in [-0.2, -0.15) is 0 Å². The van der Waals surface area contributed by atoms with E-state index in [0.29, 0.717) is 26.6 Å². The van der Waals surface area contributed by atoms with Gasteiger partial charge in [-0.15, -0.1) is 0 Å². The fraction of sp³-hybridized carbons (Fsp3) is 0. The van der Waals surface area contributed by atoms with Crippen LogP contribution in [0, 0.1) is 0 Å². The zero-order chi connectivity index (χ0) is 18.1. The molecule has 0 fully saturated rings. The number of fused-ring (bicyclic) bond motifs is 1. The standard InChI is InChI=1S/C20H13BrClN3O/c21-15-10-9-12(22)11-14(15)20(26)25-16-6-2-1-5-13(16)19-23-17-7-3-4-8-18(17)24-19/h1-11H,(H,23,24)(H,25,26). The molecule has 2 N–H and O–H groups in total. The highest BCUT2D eigenvalue weighted by molar-refractivity contribution is 9.10. The number of aromatic amines is 1. The van der Waals surface area contributed by atoms with Gasteiger partial charge in [0, 0.05) is 15.1 Å². The van der Waals surface area contributed by atoms with Crippen LogP contribution in [0.4, 0.5) is 5.69 Å². The lowest BCUT2D eigenvalue weighted by Crippen LogP contribution is -2.13. The van der Waals surface area contributed by atoms with Crippen molar-refractivity contribution in [2.75, 3.05) is 5.32 Å². The van der Waals surface area contributed by atoms with Gasteiger partial charge in [0.05, 0.1) is 22.3 Å². The summed E-state index contributed by atoms with van der Waals surface area (Å²) in [5.41, 5.74) is 3.78. The van der Waals surface area contributed by atoms with E-state index in [0.717, 1.165) is 16.6 Å². The third-order valence-corrected chi connectivity index (χ3v) is 4.92. The zero-order valence-corrected chi connectivity index (χ0v) is 15.8. The minimum atomic E-state index is -0.247. The van der Waals surface area contributed by atoms with Crippen LogP contribution in [0.15, 0.2) is 71.2 Å². The minimum Gasteiger partial charge on any atom is -0.338 e. The summed E-state index contributed by atoms with van der Waals surface area (Å²) < 4.78 is 0.681. The number of carbonyl (C=O) groups excluding carboxylic acids is 1. The number of imidazole rings is 1. The third kappa shape index (κ3) is 3.23. The topological polar surface area (TPSA) is 57.8 Å². The number of para-hydroxylation sites is 3. The van der Waals surface area contributed by atoms with Gasteiger partial charge in [0.25, 0.3) is 5.91 Å². The second kappa shape index (κ2) is 6.94. The predicted octanol–water partition coefficient (Wildman–Crippen LogP) is 5.90. The van der Waals surface area contributed by atoms with Gasteiger partial charge in [-0.1, -0.05) is 35.9 Å². The lowest BCUT2D eigenvalue weighted by atomic mass is 10.1. The molecule has 4 nitrogen and oxygen atoms in total. The Hall–Kier alpha value is -2.63. The van der Waals surface area contributed by atoms with Crippen LogP contribution in [0.5, 0.6) is 0 Å². The Morgan fingerprint density at radius 3 is 2.65 bits per heavy atom. The maximum atomic E-state index is 12.7. The van der Waals surface area contributed by atoms with E-state index in [4.69, 9.17) is 11.6 Å². The van der Waals surface area contributed by atoms with Crippen molar-refractivity contribution in [2.45, 2.75) is 0 Å². The molecule has 4 aromatic rings. The van der Waals surface area contributed by atoms with Crippen molar-refractivity contribution in [2.24, 2.45) is 0 Å². The van der Waals surface area contributed by atoms with E-state index in [1.807, 2.05) is 48.5 Å². The van der Waals surface area contributed by atoms with Gasteiger partial charge >= 0.3 is 0 Å². The number of anilines is 1. The molecule has 0 saturated carbocycles. The molecule has 0 radical (unpaired) electrons. The SMILES string of the molecule is O=C(Nc1ccccc1-c1nc2ccccc2[nH]1)c1cc(Cl)ccc1Br. The van der Waals surface area contributed by atoms with E-state index in [1.165, 1.54) is 0 Å². The number of nitrogens with one attached hydrogen (secondary N) is 2. The van der Waals surface area contributed by atoms with Gasteiger partial charge in [0.15, 0.2) is 0 Å². The Morgan fingerprint density at radius 1 is 1.04 bits per heavy atom. The van der Waals surface area contributed by atoms with Crippen LogP contribution in [-0.4, -0.2) is 15.9 Å². The number of H-pyrrole nitrogens is 1. The average Bonchev–Trinajstić information content (AvgIpc) is 3.08. The normalized spacial score (nSPS) is 10.8. The summed E-state index contributed by atoms with van der Waals surface area (Å²) in [4.78, 5) is 20.6. The predicted molar refractivity (Wildman–Crippen MR) is 109 cm³/mol. The van der Waals surface area contributed by atoms with Crippen molar-refractivity contribution in [1.82, 2.24) is 9.97 Å². The molecule has 0 spiro atoms. The first-order valence-corrected chi connectivity index (χ1v) is 9.09. The summed E-state index contributed by atoms with van der Waals surface area (Å²) in [6.07, 6.45) is 0. The Kier molecular flexibility index (Phi) is 4.49. The molecule has 4 rings (SSSR count). The fourth-order valence-corrected chi connectivity index (χ4v) is 3.34. The number of carbonyl (C=O) groups is 1. The first kappa shape index (κ1) is 16.8. The number of hydrogen-bond acceptors (Lipinski definition) is 2. The number of aromatic nitrogens is 2. The van der Waals surface area contributed by atoms with Crippen LogP contribution in [-0.2, 0) is 0 Å². The number of nitrogens with zero attached hydrogens (tertiary/aromatic N) is 1. The molecule has 1 amide bonds. The van der Waals surface area contributed by atoms with Crippen LogP contribution >= 0.6 is 27.5 Å². The molecule has 0 aliphatic heterocycles. The summed E-state index contributed by atoms with van der Waals surface area (Å²) in [5, 5.41) is 3.45. The van der Waals surface area contributed by atoms with Crippen LogP contribution < -0.4 is 5.32 Å². The van der Waals surface area contributed by atoms with Gasteiger partial charge < -0.3 is 10.3 Å². The van der Waals surface area contributed by atoms with Crippen molar-refractivity contribution in [3.63, 3.8) is 0 Å². The van der Waals surface area contributed by atoms with Crippen molar-refractivity contribution < 1.29 is 4.79 Å². The zero-order valence-electron chi connectivity index (χ0n) is 13.5. The average molecular weight is 427 g/mol. The fourth-order valence-electron chi connectivity index (χ4n) is 2.74. The van der Waals surface area contributed by atoms with E-state index >= 15 is 0 Å². The first-order chi connectivity index (χ1) is 12.6. The second-order valence-electron chi connectivity index (χ2n) is 5.73. The molecule has 128 valence electrons. The van der Waals surface area contributed by atoms with E-state index in [1.54, 1.807) is 18.2 Å². The van der Waals surface area contributed by atoms with E-state index in [-0.39, 0.29) is 5.91 Å². The number of amides is 1. The van der Waals surface area contributed by atoms with Gasteiger partial charge in [-0.25, -0.2) is 4.98 Å². The summed E-state index contributed by atoms with van der Waals surface area (Å²) >= 11 is 9.41. The monoisotopic (exact) mass is 425 g/mol. The van der Waals surface area contributed by atoms with Crippen molar-refractivity contribution in [3.05, 3.63) is 81.8 Å². The molecule has 1 heterocycles. The molecule has 26 heavy (non-hydrogen) atoms. The number of hydrogen-bond donors (Lipinski definition) is 2. The van der Waals surface area contributed by atoms with Crippen LogP contribution in [0.3, 0.4) is 0 Å². The van der Waals surface area contributed by atoms with Gasteiger partial charge in [0.2, 0.25) is 0 Å². The molecule has 3 aromatic carbocycles. The van der Waals surface area contributed by atoms with Gasteiger partial charge in [0.1, 0.15) is 5.82 Å². The Labute approximate surface area is 163 Å². The van der Waals surface area contributed by atoms with Gasteiger partial charge in [-0.3, -0.25) is 4.79 Å². The third-order valence-electron chi connectivity index (χ3n) is 3.99. The summed E-state index contributed by atoms with van der Waals surface area (Å²) in [7, 11) is 0. The van der Waals surface area contributed by atoms with E-state index < -0.39 is 0 Å². The lowest BCUT2D eigenvalue weighted by molar-refractivity contribution is 0.102. The molecule has 0 unspecified atom stereocenters. The van der Waals surface area contributed by atoms with E-state index in [2.05, 4.69) is 31.2 Å². The van der Waals surface area contributed by atoms with Crippen LogP contribution in [0.1, 0.15) is 10.4 Å². The van der Waals surface area contributed by atoms with Crippen LogP contribution in [0.25, 0.3) is 22.4 Å². The molecular formula is C20H13BrClN3O. The highest BCUT2D eigenvalue weighted by atomic mass is 79.9. The molecule has 1 aromatic heterocycles. The minimum absolute atomic E-state index is 0.247. The summed E-state index contributed by atoms with van der Waals surface area (Å²) in [6.45, 7) is 0. The molecule has 0 saturated heterocycles. The molecule has 0 bridgehead atoms. The first-order valence-electron chi connectivity index (χ1n) is 7.92. The molecule has 0 aliphatic rings. The lowest BCUT2D eigenvalue weighted by Gasteiger charge is -2.10. The van der Waals surface area contributed by atoms with Crippen molar-refractivity contribution >= 4 is 50.2 Å². The van der Waals surface area contributed by atoms with Gasteiger partial charge in [-0.05, 0) is 58.4 Å². The largest absolute Gasteiger partial charge is 0.338 e. The Bertz CT molecular complexity index is 1090. The molecule has 6 heteroatoms. The smallest absolute Gasteiger partial charge is 0.256 e. The molecule has 0 atom stereocenters. The quantitative estimate of drug-likeness (QED) is 0.428. The molecular weight excluding hydrogens is 414 g/mol. The van der Waals surface area contributed by atoms with Crippen molar-refractivity contribution in [1.29, 1.82) is 0 Å². The number of benzene rings is 3. The maximum absolute atomic E-state index is 12.7. The summed E-state index contributed by atoms with van der Waals surface area (Å²) in [5.74, 6) is 0.454. The Morgan fingerprint density at radius 2 is 1.81 bits per heavy atom. The van der Waals surface area contributed by atoms with E-state index in [9.17, 15) is 4.79 Å². The second-order valence-corrected chi connectivity index (χ2v) is 7.02. The van der Waals surface area contributed by atoms with Crippen molar-refractivity contribution in [3.8, 4) is 11.4 Å². The van der Waals surface area contributed by atoms with Crippen LogP contribution in [0.2, 0.25) is 5.02 Å².